The van der Waals surface area contributed by atoms with E-state index in [0.717, 1.165) is 0 Å². The number of nitrogens with zero attached hydrogens (tertiary/aromatic N) is 1. The van der Waals surface area contributed by atoms with Gasteiger partial charge < -0.3 is 0 Å². The molecule has 0 aliphatic carbocycles. The number of nitriles is 1. The standard InChI is InChI=1S/C3H5NO2S/c1-7(5)6-3-2-4/h3H2,1H3. The van der Waals surface area contributed by atoms with Crippen molar-refractivity contribution >= 4 is 11.1 Å². The zero-order valence-electron chi connectivity index (χ0n) is 3.88. The van der Waals surface area contributed by atoms with Gasteiger partial charge in [-0.2, -0.15) is 5.26 Å². The second-order valence-corrected chi connectivity index (χ2v) is 1.86. The van der Waals surface area contributed by atoms with Crippen LogP contribution in [0.15, 0.2) is 0 Å². The summed E-state index contributed by atoms with van der Waals surface area (Å²) in [6, 6.07) is 1.68. The molecule has 0 bridgehead atoms. The molecule has 0 aliphatic rings. The fourth-order valence-corrected chi connectivity index (χ4v) is 0.328. The van der Waals surface area contributed by atoms with E-state index in [1.54, 1.807) is 6.07 Å². The zero-order chi connectivity index (χ0) is 5.70. The summed E-state index contributed by atoms with van der Waals surface area (Å²) in [6.07, 6.45) is 1.37. The zero-order valence-corrected chi connectivity index (χ0v) is 4.70. The molecule has 0 aromatic rings. The van der Waals surface area contributed by atoms with Gasteiger partial charge in [-0.05, 0) is 0 Å². The molecular weight excluding hydrogens is 114 g/mol. The van der Waals surface area contributed by atoms with Crippen LogP contribution >= 0.6 is 0 Å². The van der Waals surface area contributed by atoms with E-state index in [1.165, 1.54) is 6.26 Å². The molecule has 0 amide bonds. The predicted molar refractivity (Wildman–Crippen MR) is 25.6 cm³/mol. The van der Waals surface area contributed by atoms with E-state index in [9.17, 15) is 4.21 Å². The van der Waals surface area contributed by atoms with Gasteiger partial charge in [0.05, 0.1) is 6.07 Å². The van der Waals surface area contributed by atoms with E-state index in [1.807, 2.05) is 0 Å². The van der Waals surface area contributed by atoms with Crippen molar-refractivity contribution in [2.45, 2.75) is 0 Å². The Morgan fingerprint density at radius 2 is 2.57 bits per heavy atom. The molecule has 1 unspecified atom stereocenters. The Morgan fingerprint density at radius 1 is 2.00 bits per heavy atom. The first-order valence-corrected chi connectivity index (χ1v) is 3.09. The SMILES string of the molecule is CS(=O)OCC#N. The van der Waals surface area contributed by atoms with Crippen LogP contribution in [-0.2, 0) is 15.3 Å². The molecule has 0 spiro atoms. The summed E-state index contributed by atoms with van der Waals surface area (Å²) < 4.78 is 14.2. The number of rotatable bonds is 2. The topological polar surface area (TPSA) is 50.1 Å². The van der Waals surface area contributed by atoms with Crippen LogP contribution < -0.4 is 0 Å². The van der Waals surface area contributed by atoms with Gasteiger partial charge in [-0.15, -0.1) is 0 Å². The van der Waals surface area contributed by atoms with Crippen molar-refractivity contribution in [3.8, 4) is 6.07 Å². The molecule has 1 atom stereocenters. The Labute approximate surface area is 44.6 Å². The van der Waals surface area contributed by atoms with Crippen molar-refractivity contribution in [3.63, 3.8) is 0 Å². The third-order valence-corrected chi connectivity index (χ3v) is 0.739. The Bertz CT molecular complexity index is 106. The summed E-state index contributed by atoms with van der Waals surface area (Å²) in [6.45, 7) is -0.0941. The van der Waals surface area contributed by atoms with Crippen LogP contribution in [0.5, 0.6) is 0 Å². The van der Waals surface area contributed by atoms with Crippen LogP contribution in [-0.4, -0.2) is 17.1 Å². The van der Waals surface area contributed by atoms with E-state index in [2.05, 4.69) is 4.18 Å². The van der Waals surface area contributed by atoms with Gasteiger partial charge in [0, 0.05) is 6.26 Å². The van der Waals surface area contributed by atoms with Crippen molar-refractivity contribution < 1.29 is 8.39 Å². The summed E-state index contributed by atoms with van der Waals surface area (Å²) in [5.74, 6) is 0. The largest absolute Gasteiger partial charge is 0.275 e. The molecule has 7 heavy (non-hydrogen) atoms. The van der Waals surface area contributed by atoms with E-state index >= 15 is 0 Å². The highest BCUT2D eigenvalue weighted by atomic mass is 32.2. The van der Waals surface area contributed by atoms with Crippen LogP contribution in [0.25, 0.3) is 0 Å². The minimum absolute atomic E-state index is 0.0941. The second-order valence-electron chi connectivity index (χ2n) is 0.822. The van der Waals surface area contributed by atoms with Crippen LogP contribution in [0.4, 0.5) is 0 Å². The lowest BCUT2D eigenvalue weighted by atomic mass is 10.9. The Morgan fingerprint density at radius 3 is 2.71 bits per heavy atom. The highest BCUT2D eigenvalue weighted by Crippen LogP contribution is 1.74. The van der Waals surface area contributed by atoms with E-state index in [0.29, 0.717) is 0 Å². The van der Waals surface area contributed by atoms with Gasteiger partial charge in [-0.25, -0.2) is 4.21 Å². The quantitative estimate of drug-likeness (QED) is 0.506. The van der Waals surface area contributed by atoms with Gasteiger partial charge in [0.15, 0.2) is 17.7 Å². The minimum Gasteiger partial charge on any atom is -0.275 e. The average molecular weight is 119 g/mol. The van der Waals surface area contributed by atoms with Crippen molar-refractivity contribution in [3.05, 3.63) is 0 Å². The summed E-state index contributed by atoms with van der Waals surface area (Å²) in [5.41, 5.74) is 0. The van der Waals surface area contributed by atoms with Gasteiger partial charge in [-0.1, -0.05) is 0 Å². The number of hydrogen-bond donors (Lipinski definition) is 0. The Kier molecular flexibility index (Phi) is 3.56. The molecule has 0 aromatic carbocycles. The maximum Gasteiger partial charge on any atom is 0.153 e. The summed E-state index contributed by atoms with van der Waals surface area (Å²) in [5, 5.41) is 7.81. The molecule has 0 aromatic heterocycles. The molecule has 0 saturated heterocycles. The van der Waals surface area contributed by atoms with Crippen molar-refractivity contribution in [1.29, 1.82) is 5.26 Å². The Balaban J connectivity index is 3.02. The molecule has 0 aliphatic heterocycles. The molecular formula is C3H5NO2S. The molecule has 4 heteroatoms. The molecule has 0 N–H and O–H groups in total. The maximum absolute atomic E-state index is 9.94. The lowest BCUT2D eigenvalue weighted by Crippen LogP contribution is -1.92. The summed E-state index contributed by atoms with van der Waals surface area (Å²) in [7, 11) is 0. The second kappa shape index (κ2) is 3.78. The van der Waals surface area contributed by atoms with E-state index < -0.39 is 11.1 Å². The van der Waals surface area contributed by atoms with Crippen LogP contribution in [0.3, 0.4) is 0 Å². The number of hydrogen-bond acceptors (Lipinski definition) is 3. The third kappa shape index (κ3) is 5.60. The van der Waals surface area contributed by atoms with Crippen molar-refractivity contribution in [2.75, 3.05) is 12.9 Å². The van der Waals surface area contributed by atoms with Gasteiger partial charge >= 0.3 is 0 Å². The van der Waals surface area contributed by atoms with E-state index in [4.69, 9.17) is 5.26 Å². The van der Waals surface area contributed by atoms with Crippen LogP contribution in [0.1, 0.15) is 0 Å². The first kappa shape index (κ1) is 6.60. The summed E-state index contributed by atoms with van der Waals surface area (Å²) >= 11 is -1.29. The highest BCUT2D eigenvalue weighted by Gasteiger charge is 1.83. The lowest BCUT2D eigenvalue weighted by Gasteiger charge is -1.84. The summed E-state index contributed by atoms with van der Waals surface area (Å²) in [4.78, 5) is 0. The van der Waals surface area contributed by atoms with Gasteiger partial charge in [0.1, 0.15) is 0 Å². The van der Waals surface area contributed by atoms with Crippen molar-refractivity contribution in [2.24, 2.45) is 0 Å². The minimum atomic E-state index is -1.29. The molecule has 0 fully saturated rings. The Hall–Kier alpha value is -0.400. The molecule has 0 heterocycles. The normalized spacial score (nSPS) is 12.6. The van der Waals surface area contributed by atoms with Gasteiger partial charge in [0.2, 0.25) is 0 Å². The molecule has 0 radical (unpaired) electrons. The fraction of sp³-hybridized carbons (Fsp3) is 0.667. The fourth-order valence-electron chi connectivity index (χ4n) is 0.109. The van der Waals surface area contributed by atoms with Crippen molar-refractivity contribution in [1.82, 2.24) is 0 Å². The first-order chi connectivity index (χ1) is 3.27. The van der Waals surface area contributed by atoms with Gasteiger partial charge in [0.25, 0.3) is 0 Å². The molecule has 3 nitrogen and oxygen atoms in total. The maximum atomic E-state index is 9.94. The monoisotopic (exact) mass is 119 g/mol. The smallest absolute Gasteiger partial charge is 0.153 e. The molecule has 0 rings (SSSR count). The highest BCUT2D eigenvalue weighted by molar-refractivity contribution is 7.79. The first-order valence-electron chi connectivity index (χ1n) is 1.61. The van der Waals surface area contributed by atoms with E-state index in [-0.39, 0.29) is 6.61 Å². The average Bonchev–Trinajstić information content (AvgIpc) is 1.61. The lowest BCUT2D eigenvalue weighted by molar-refractivity contribution is 0.403. The van der Waals surface area contributed by atoms with Crippen LogP contribution in [0.2, 0.25) is 0 Å². The molecule has 0 saturated carbocycles. The molecule has 40 valence electrons. The van der Waals surface area contributed by atoms with Crippen LogP contribution in [0, 0.1) is 11.3 Å². The third-order valence-electron chi connectivity index (χ3n) is 0.289. The predicted octanol–water partition coefficient (Wildman–Crippen LogP) is -0.180. The van der Waals surface area contributed by atoms with Gasteiger partial charge in [-0.3, -0.25) is 4.18 Å².